The number of pyridine rings is 1. The number of halogens is 1. The van der Waals surface area contributed by atoms with Gasteiger partial charge in [-0.25, -0.2) is 0 Å². The highest BCUT2D eigenvalue weighted by Crippen LogP contribution is 2.34. The van der Waals surface area contributed by atoms with Crippen LogP contribution < -0.4 is 11.3 Å². The molecule has 0 spiro atoms. The van der Waals surface area contributed by atoms with Crippen LogP contribution in [0.4, 0.5) is 5.69 Å². The average molecular weight is 278 g/mol. The Hall–Kier alpha value is -1.13. The van der Waals surface area contributed by atoms with Crippen molar-refractivity contribution in [2.75, 3.05) is 5.43 Å². The first-order valence-corrected chi connectivity index (χ1v) is 6.16. The maximum Gasteiger partial charge on any atom is 0.0727 e. The van der Waals surface area contributed by atoms with Crippen LogP contribution in [-0.4, -0.2) is 4.98 Å². The molecule has 82 valence electrons. The van der Waals surface area contributed by atoms with Crippen LogP contribution >= 0.6 is 15.9 Å². The molecule has 3 rings (SSSR count). The highest BCUT2D eigenvalue weighted by molar-refractivity contribution is 9.10. The number of aromatic nitrogens is 1. The van der Waals surface area contributed by atoms with E-state index in [-0.39, 0.29) is 0 Å². The molecule has 0 aliphatic heterocycles. The van der Waals surface area contributed by atoms with Crippen molar-refractivity contribution in [3.05, 3.63) is 33.9 Å². The topological polar surface area (TPSA) is 50.9 Å². The summed E-state index contributed by atoms with van der Waals surface area (Å²) in [4.78, 5) is 4.69. The summed E-state index contributed by atoms with van der Waals surface area (Å²) in [6.45, 7) is 0. The second kappa shape index (κ2) is 3.71. The van der Waals surface area contributed by atoms with E-state index >= 15 is 0 Å². The molecule has 0 saturated heterocycles. The Morgan fingerprint density at radius 3 is 3.00 bits per heavy atom. The lowest BCUT2D eigenvalue weighted by molar-refractivity contribution is 0.901. The van der Waals surface area contributed by atoms with Gasteiger partial charge in [-0.05, 0) is 43.0 Å². The molecule has 0 radical (unpaired) electrons. The summed E-state index contributed by atoms with van der Waals surface area (Å²) in [5.74, 6) is 5.65. The van der Waals surface area contributed by atoms with Crippen molar-refractivity contribution in [2.45, 2.75) is 19.3 Å². The minimum Gasteiger partial charge on any atom is -0.323 e. The molecule has 0 atom stereocenters. The maximum absolute atomic E-state index is 5.65. The van der Waals surface area contributed by atoms with Crippen molar-refractivity contribution in [1.82, 2.24) is 4.98 Å². The highest BCUT2D eigenvalue weighted by atomic mass is 79.9. The van der Waals surface area contributed by atoms with Gasteiger partial charge in [0.1, 0.15) is 0 Å². The maximum atomic E-state index is 5.65. The third kappa shape index (κ3) is 1.41. The second-order valence-electron chi connectivity index (χ2n) is 4.07. The lowest BCUT2D eigenvalue weighted by Crippen LogP contribution is -2.10. The first-order chi connectivity index (χ1) is 7.79. The van der Waals surface area contributed by atoms with Crippen molar-refractivity contribution in [2.24, 2.45) is 5.84 Å². The van der Waals surface area contributed by atoms with Gasteiger partial charge < -0.3 is 5.43 Å². The zero-order valence-electron chi connectivity index (χ0n) is 8.76. The van der Waals surface area contributed by atoms with Crippen molar-refractivity contribution in [1.29, 1.82) is 0 Å². The zero-order valence-corrected chi connectivity index (χ0v) is 10.3. The minimum absolute atomic E-state index is 1.01. The van der Waals surface area contributed by atoms with Crippen LogP contribution in [0.2, 0.25) is 0 Å². The largest absolute Gasteiger partial charge is 0.323 e. The summed E-state index contributed by atoms with van der Waals surface area (Å²) in [5.41, 5.74) is 7.37. The quantitative estimate of drug-likeness (QED) is 0.623. The molecule has 1 aromatic heterocycles. The monoisotopic (exact) mass is 277 g/mol. The van der Waals surface area contributed by atoms with Gasteiger partial charge in [0.2, 0.25) is 0 Å². The molecule has 3 nitrogen and oxygen atoms in total. The molecule has 1 aromatic carbocycles. The van der Waals surface area contributed by atoms with E-state index in [9.17, 15) is 0 Å². The predicted molar refractivity (Wildman–Crippen MR) is 69.3 cm³/mol. The lowest BCUT2D eigenvalue weighted by atomic mass is 10.1. The fourth-order valence-corrected chi connectivity index (χ4v) is 2.76. The van der Waals surface area contributed by atoms with E-state index in [0.29, 0.717) is 0 Å². The third-order valence-electron chi connectivity index (χ3n) is 3.12. The zero-order chi connectivity index (χ0) is 11.1. The number of nitrogens with zero attached hydrogens (tertiary/aromatic N) is 1. The molecule has 4 heteroatoms. The van der Waals surface area contributed by atoms with E-state index in [1.165, 1.54) is 17.7 Å². The van der Waals surface area contributed by atoms with Gasteiger partial charge in [0.25, 0.3) is 0 Å². The predicted octanol–water partition coefficient (Wildman–Crippen LogP) is 2.77. The molecule has 0 saturated carbocycles. The summed E-state index contributed by atoms with van der Waals surface area (Å²) < 4.78 is 1.05. The molecule has 0 amide bonds. The van der Waals surface area contributed by atoms with E-state index in [2.05, 4.69) is 32.4 Å². The van der Waals surface area contributed by atoms with E-state index in [4.69, 9.17) is 5.84 Å². The summed E-state index contributed by atoms with van der Waals surface area (Å²) in [5, 5.41) is 1.09. The van der Waals surface area contributed by atoms with Gasteiger partial charge in [0.15, 0.2) is 0 Å². The van der Waals surface area contributed by atoms with E-state index in [1.54, 1.807) is 0 Å². The molecule has 16 heavy (non-hydrogen) atoms. The molecule has 0 unspecified atom stereocenters. The van der Waals surface area contributed by atoms with Gasteiger partial charge in [0.05, 0.1) is 11.2 Å². The Kier molecular flexibility index (Phi) is 2.33. The number of benzene rings is 1. The highest BCUT2D eigenvalue weighted by Gasteiger charge is 2.18. The van der Waals surface area contributed by atoms with Crippen LogP contribution in [0.5, 0.6) is 0 Å². The van der Waals surface area contributed by atoms with Gasteiger partial charge >= 0.3 is 0 Å². The standard InChI is InChI=1S/C12H12BrN3/c13-7-4-5-11-9(6-7)12(16-14)8-2-1-3-10(8)15-11/h4-6H,1-3,14H2,(H,15,16). The average Bonchev–Trinajstić information content (AvgIpc) is 2.73. The lowest BCUT2D eigenvalue weighted by Gasteiger charge is -2.11. The van der Waals surface area contributed by atoms with Crippen molar-refractivity contribution in [3.63, 3.8) is 0 Å². The molecular weight excluding hydrogens is 266 g/mol. The van der Waals surface area contributed by atoms with E-state index in [0.717, 1.165) is 33.9 Å². The number of nitrogen functional groups attached to an aromatic ring is 1. The minimum atomic E-state index is 1.01. The molecule has 1 heterocycles. The van der Waals surface area contributed by atoms with Crippen LogP contribution in [0, 0.1) is 0 Å². The van der Waals surface area contributed by atoms with Gasteiger partial charge in [-0.1, -0.05) is 15.9 Å². The Bertz CT molecular complexity index is 566. The summed E-state index contributed by atoms with van der Waals surface area (Å²) >= 11 is 3.48. The van der Waals surface area contributed by atoms with Gasteiger partial charge in [-0.3, -0.25) is 10.8 Å². The Morgan fingerprint density at radius 1 is 1.31 bits per heavy atom. The fraction of sp³-hybridized carbons (Fsp3) is 0.250. The number of hydrogen-bond acceptors (Lipinski definition) is 3. The van der Waals surface area contributed by atoms with E-state index in [1.807, 2.05) is 12.1 Å². The van der Waals surface area contributed by atoms with Crippen LogP contribution in [-0.2, 0) is 12.8 Å². The van der Waals surface area contributed by atoms with Crippen molar-refractivity contribution >= 4 is 32.5 Å². The molecule has 3 N–H and O–H groups in total. The number of fused-ring (bicyclic) bond motifs is 2. The van der Waals surface area contributed by atoms with Crippen LogP contribution in [0.15, 0.2) is 22.7 Å². The molecule has 0 bridgehead atoms. The Morgan fingerprint density at radius 2 is 2.19 bits per heavy atom. The number of nitrogens with one attached hydrogen (secondary N) is 1. The number of rotatable bonds is 1. The number of hydrazine groups is 1. The third-order valence-corrected chi connectivity index (χ3v) is 3.61. The molecule has 1 aliphatic carbocycles. The summed E-state index contributed by atoms with van der Waals surface area (Å²) in [7, 11) is 0. The Balaban J connectivity index is 2.40. The molecule has 2 aromatic rings. The molecule has 1 aliphatic rings. The summed E-state index contributed by atoms with van der Waals surface area (Å²) in [6.07, 6.45) is 3.31. The van der Waals surface area contributed by atoms with Gasteiger partial charge in [-0.2, -0.15) is 0 Å². The number of nitrogens with two attached hydrogens (primary N) is 1. The smallest absolute Gasteiger partial charge is 0.0727 e. The number of hydrogen-bond donors (Lipinski definition) is 2. The van der Waals surface area contributed by atoms with E-state index < -0.39 is 0 Å². The van der Waals surface area contributed by atoms with Crippen LogP contribution in [0.3, 0.4) is 0 Å². The van der Waals surface area contributed by atoms with Crippen molar-refractivity contribution < 1.29 is 0 Å². The summed E-state index contributed by atoms with van der Waals surface area (Å²) in [6, 6.07) is 6.10. The number of aryl methyl sites for hydroxylation is 1. The van der Waals surface area contributed by atoms with Crippen LogP contribution in [0.1, 0.15) is 17.7 Å². The second-order valence-corrected chi connectivity index (χ2v) is 4.99. The van der Waals surface area contributed by atoms with Crippen LogP contribution in [0.25, 0.3) is 10.9 Å². The van der Waals surface area contributed by atoms with Gasteiger partial charge in [0, 0.05) is 15.6 Å². The first-order valence-electron chi connectivity index (χ1n) is 5.37. The number of anilines is 1. The van der Waals surface area contributed by atoms with Gasteiger partial charge in [-0.15, -0.1) is 0 Å². The first kappa shape index (κ1) is 10.1. The SMILES string of the molecule is NNc1c2c(nc3ccc(Br)cc13)CCC2. The fourth-order valence-electron chi connectivity index (χ4n) is 2.40. The van der Waals surface area contributed by atoms with Crippen molar-refractivity contribution in [3.8, 4) is 0 Å². The molecular formula is C12H12BrN3. The molecule has 0 fully saturated rings. The Labute approximate surface area is 102 Å². The normalized spacial score (nSPS) is 14.1.